The Kier molecular flexibility index (Phi) is 5.15. The first kappa shape index (κ1) is 13.7. The fraction of sp³-hybridized carbons (Fsp3) is 1.00. The minimum atomic E-state index is 0.197. The Balaban J connectivity index is 1.96. The maximum absolute atomic E-state index is 9.41. The van der Waals surface area contributed by atoms with E-state index >= 15 is 0 Å². The third-order valence-corrected chi connectivity index (χ3v) is 5.02. The first-order valence-corrected chi connectivity index (χ1v) is 7.46. The van der Waals surface area contributed by atoms with Crippen LogP contribution in [0.2, 0.25) is 0 Å². The second kappa shape index (κ2) is 6.41. The zero-order valence-corrected chi connectivity index (χ0v) is 11.5. The Morgan fingerprint density at radius 2 is 2.06 bits per heavy atom. The van der Waals surface area contributed by atoms with Gasteiger partial charge in [0.25, 0.3) is 0 Å². The molecule has 2 rings (SSSR count). The van der Waals surface area contributed by atoms with Crippen molar-refractivity contribution in [2.75, 3.05) is 38.7 Å². The van der Waals surface area contributed by atoms with Gasteiger partial charge in [0.2, 0.25) is 0 Å². The van der Waals surface area contributed by atoms with Gasteiger partial charge in [-0.15, -0.1) is 0 Å². The number of ether oxygens (including phenoxy) is 1. The minimum absolute atomic E-state index is 0.197. The maximum atomic E-state index is 9.41. The van der Waals surface area contributed by atoms with Crippen molar-refractivity contribution in [2.24, 2.45) is 5.41 Å². The van der Waals surface area contributed by atoms with E-state index in [1.165, 1.54) is 32.1 Å². The summed E-state index contributed by atoms with van der Waals surface area (Å²) in [5, 5.41) is 9.41. The number of rotatable bonds is 4. The van der Waals surface area contributed by atoms with Crippen LogP contribution in [-0.2, 0) is 4.74 Å². The van der Waals surface area contributed by atoms with Crippen LogP contribution in [0, 0.1) is 5.41 Å². The van der Waals surface area contributed by atoms with Gasteiger partial charge in [-0.2, -0.15) is 12.6 Å². The highest BCUT2D eigenvalue weighted by atomic mass is 32.1. The Morgan fingerprint density at radius 3 is 2.71 bits per heavy atom. The van der Waals surface area contributed by atoms with E-state index < -0.39 is 0 Å². The summed E-state index contributed by atoms with van der Waals surface area (Å²) in [7, 11) is 0. The van der Waals surface area contributed by atoms with Crippen LogP contribution in [0.4, 0.5) is 0 Å². The van der Waals surface area contributed by atoms with Crippen LogP contribution >= 0.6 is 12.6 Å². The number of aliphatic hydroxyl groups is 1. The summed E-state index contributed by atoms with van der Waals surface area (Å²) < 4.78 is 5.44. The van der Waals surface area contributed by atoms with Crippen LogP contribution in [0.3, 0.4) is 0 Å². The van der Waals surface area contributed by atoms with Crippen molar-refractivity contribution in [1.29, 1.82) is 0 Å². The normalized spacial score (nSPS) is 30.4. The van der Waals surface area contributed by atoms with Gasteiger partial charge < -0.3 is 9.84 Å². The van der Waals surface area contributed by atoms with Crippen LogP contribution in [0.1, 0.15) is 32.1 Å². The lowest BCUT2D eigenvalue weighted by Crippen LogP contribution is -2.52. The van der Waals surface area contributed by atoms with E-state index in [4.69, 9.17) is 4.74 Å². The molecular weight excluding hydrogens is 234 g/mol. The maximum Gasteiger partial charge on any atom is 0.0644 e. The summed E-state index contributed by atoms with van der Waals surface area (Å²) in [4.78, 5) is 2.42. The molecule has 3 nitrogen and oxygen atoms in total. The molecule has 0 spiro atoms. The SMILES string of the molecule is OCC1COCCN1CC1(CS)CCCCC1. The molecule has 2 fully saturated rings. The van der Waals surface area contributed by atoms with Crippen molar-refractivity contribution in [1.82, 2.24) is 4.90 Å². The summed E-state index contributed by atoms with van der Waals surface area (Å²) in [6.45, 7) is 3.74. The Labute approximate surface area is 110 Å². The van der Waals surface area contributed by atoms with E-state index in [0.717, 1.165) is 25.4 Å². The predicted octanol–water partition coefficient (Wildman–Crippen LogP) is 1.56. The minimum Gasteiger partial charge on any atom is -0.395 e. The molecule has 1 saturated carbocycles. The van der Waals surface area contributed by atoms with E-state index in [-0.39, 0.29) is 12.6 Å². The molecule has 1 atom stereocenters. The topological polar surface area (TPSA) is 32.7 Å². The van der Waals surface area contributed by atoms with Crippen LogP contribution in [0.15, 0.2) is 0 Å². The molecule has 0 aromatic rings. The van der Waals surface area contributed by atoms with Gasteiger partial charge in [0, 0.05) is 13.1 Å². The molecule has 1 N–H and O–H groups in total. The average Bonchev–Trinajstić information content (AvgIpc) is 2.40. The van der Waals surface area contributed by atoms with Gasteiger partial charge in [0.1, 0.15) is 0 Å². The number of thiol groups is 1. The van der Waals surface area contributed by atoms with Crippen LogP contribution in [0.5, 0.6) is 0 Å². The highest BCUT2D eigenvalue weighted by molar-refractivity contribution is 7.80. The summed E-state index contributed by atoms with van der Waals surface area (Å²) in [5.74, 6) is 0.975. The molecule has 1 saturated heterocycles. The van der Waals surface area contributed by atoms with Crippen molar-refractivity contribution in [3.63, 3.8) is 0 Å². The molecule has 0 bridgehead atoms. The molecule has 0 amide bonds. The molecule has 1 unspecified atom stereocenters. The zero-order valence-electron chi connectivity index (χ0n) is 10.6. The van der Waals surface area contributed by atoms with Crippen LogP contribution in [-0.4, -0.2) is 54.7 Å². The summed E-state index contributed by atoms with van der Waals surface area (Å²) >= 11 is 4.59. The Hall–Kier alpha value is 0.230. The standard InChI is InChI=1S/C13H25NO2S/c15-8-12-9-16-7-6-14(12)10-13(11-17)4-2-1-3-5-13/h12,15,17H,1-11H2. The first-order valence-electron chi connectivity index (χ1n) is 6.83. The summed E-state index contributed by atoms with van der Waals surface area (Å²) in [5.41, 5.74) is 0.381. The van der Waals surface area contributed by atoms with Gasteiger partial charge in [-0.25, -0.2) is 0 Å². The molecule has 0 aromatic heterocycles. The lowest BCUT2D eigenvalue weighted by molar-refractivity contribution is -0.0462. The van der Waals surface area contributed by atoms with E-state index in [2.05, 4.69) is 17.5 Å². The van der Waals surface area contributed by atoms with Crippen molar-refractivity contribution in [3.8, 4) is 0 Å². The Bertz CT molecular complexity index is 231. The molecule has 17 heavy (non-hydrogen) atoms. The quantitative estimate of drug-likeness (QED) is 0.752. The van der Waals surface area contributed by atoms with Gasteiger partial charge in [-0.3, -0.25) is 4.90 Å². The van der Waals surface area contributed by atoms with Crippen molar-refractivity contribution < 1.29 is 9.84 Å². The molecular formula is C13H25NO2S. The largest absolute Gasteiger partial charge is 0.395 e. The molecule has 2 aliphatic rings. The van der Waals surface area contributed by atoms with Crippen molar-refractivity contribution in [2.45, 2.75) is 38.1 Å². The zero-order chi connectivity index (χ0) is 12.1. The monoisotopic (exact) mass is 259 g/mol. The second-order valence-corrected chi connectivity index (χ2v) is 5.92. The molecule has 0 aromatic carbocycles. The van der Waals surface area contributed by atoms with E-state index in [1.54, 1.807) is 0 Å². The highest BCUT2D eigenvalue weighted by Crippen LogP contribution is 2.38. The second-order valence-electron chi connectivity index (χ2n) is 5.60. The molecule has 1 aliphatic heterocycles. The van der Waals surface area contributed by atoms with Crippen molar-refractivity contribution >= 4 is 12.6 Å². The number of hydrogen-bond acceptors (Lipinski definition) is 4. The van der Waals surface area contributed by atoms with Crippen LogP contribution < -0.4 is 0 Å². The summed E-state index contributed by atoms with van der Waals surface area (Å²) in [6.07, 6.45) is 6.66. The smallest absolute Gasteiger partial charge is 0.0644 e. The van der Waals surface area contributed by atoms with Gasteiger partial charge >= 0.3 is 0 Å². The summed E-state index contributed by atoms with van der Waals surface area (Å²) in [6, 6.07) is 0.197. The molecule has 4 heteroatoms. The van der Waals surface area contributed by atoms with Gasteiger partial charge in [0.05, 0.1) is 25.9 Å². The van der Waals surface area contributed by atoms with E-state index in [9.17, 15) is 5.11 Å². The lowest BCUT2D eigenvalue weighted by atomic mass is 9.75. The highest BCUT2D eigenvalue weighted by Gasteiger charge is 2.35. The van der Waals surface area contributed by atoms with E-state index in [1.807, 2.05) is 0 Å². The third-order valence-electron chi connectivity index (χ3n) is 4.35. The average molecular weight is 259 g/mol. The number of nitrogens with zero attached hydrogens (tertiary/aromatic N) is 1. The third kappa shape index (κ3) is 3.37. The Morgan fingerprint density at radius 1 is 1.29 bits per heavy atom. The number of aliphatic hydroxyl groups excluding tert-OH is 1. The number of morpholine rings is 1. The lowest BCUT2D eigenvalue weighted by Gasteiger charge is -2.44. The van der Waals surface area contributed by atoms with Gasteiger partial charge in [-0.1, -0.05) is 19.3 Å². The van der Waals surface area contributed by atoms with Crippen molar-refractivity contribution in [3.05, 3.63) is 0 Å². The van der Waals surface area contributed by atoms with Gasteiger partial charge in [-0.05, 0) is 24.0 Å². The number of hydrogen-bond donors (Lipinski definition) is 2. The fourth-order valence-electron chi connectivity index (χ4n) is 3.16. The van der Waals surface area contributed by atoms with Gasteiger partial charge in [0.15, 0.2) is 0 Å². The van der Waals surface area contributed by atoms with E-state index in [0.29, 0.717) is 12.0 Å². The molecule has 100 valence electrons. The fourth-order valence-corrected chi connectivity index (χ4v) is 3.58. The molecule has 1 aliphatic carbocycles. The predicted molar refractivity (Wildman–Crippen MR) is 72.6 cm³/mol. The molecule has 0 radical (unpaired) electrons. The van der Waals surface area contributed by atoms with Crippen LogP contribution in [0.25, 0.3) is 0 Å². The first-order chi connectivity index (χ1) is 8.29. The molecule has 1 heterocycles.